The molecule has 0 spiro atoms. The lowest BCUT2D eigenvalue weighted by atomic mass is 9.94. The molecular weight excluding hydrogens is 240 g/mol. The van der Waals surface area contributed by atoms with Crippen molar-refractivity contribution in [3.05, 3.63) is 56.3 Å². The summed E-state index contributed by atoms with van der Waals surface area (Å²) in [6.45, 7) is 8.26. The van der Waals surface area contributed by atoms with Gasteiger partial charge in [-0.1, -0.05) is 17.7 Å². The quantitative estimate of drug-likeness (QED) is 0.745. The Morgan fingerprint density at radius 2 is 1.61 bits per heavy atom. The molecule has 0 radical (unpaired) electrons. The van der Waals surface area contributed by atoms with Crippen molar-refractivity contribution in [2.45, 2.75) is 34.1 Å². The fourth-order valence-electron chi connectivity index (χ4n) is 2.39. The van der Waals surface area contributed by atoms with E-state index in [-0.39, 0.29) is 5.78 Å². The van der Waals surface area contributed by atoms with Crippen LogP contribution in [0.4, 0.5) is 0 Å². The highest BCUT2D eigenvalue weighted by Crippen LogP contribution is 2.21. The van der Waals surface area contributed by atoms with Crippen molar-refractivity contribution in [3.63, 3.8) is 0 Å². The Morgan fingerprint density at radius 3 is 2.11 bits per heavy atom. The minimum Gasteiger partial charge on any atom is -0.294 e. The predicted octanol–water partition coefficient (Wildman–Crippen LogP) is 4.41. The maximum absolute atomic E-state index is 12.3. The SMILES string of the molecule is Cc1cc(C)c(CC(=O)c2cscc2C)c(C)c1. The fourth-order valence-corrected chi connectivity index (χ4v) is 3.24. The standard InChI is InChI=1S/C16H18OS/c1-10-5-11(2)14(12(3)6-10)7-16(17)15-9-18-8-13(15)4/h5-6,8-9H,7H2,1-4H3. The molecule has 0 N–H and O–H groups in total. The monoisotopic (exact) mass is 258 g/mol. The molecule has 0 fully saturated rings. The Labute approximate surface area is 112 Å². The summed E-state index contributed by atoms with van der Waals surface area (Å²) in [6.07, 6.45) is 0.509. The van der Waals surface area contributed by atoms with Crippen LogP contribution in [0.15, 0.2) is 22.9 Å². The molecule has 0 aliphatic carbocycles. The number of benzene rings is 1. The zero-order chi connectivity index (χ0) is 13.3. The van der Waals surface area contributed by atoms with Gasteiger partial charge in [-0.2, -0.15) is 11.3 Å². The largest absolute Gasteiger partial charge is 0.294 e. The van der Waals surface area contributed by atoms with Gasteiger partial charge in [-0.25, -0.2) is 0 Å². The molecule has 0 amide bonds. The van der Waals surface area contributed by atoms with Crippen LogP contribution in [0.1, 0.15) is 38.2 Å². The first kappa shape index (κ1) is 13.0. The van der Waals surface area contributed by atoms with Gasteiger partial charge >= 0.3 is 0 Å². The lowest BCUT2D eigenvalue weighted by Crippen LogP contribution is -2.07. The van der Waals surface area contributed by atoms with E-state index >= 15 is 0 Å². The van der Waals surface area contributed by atoms with Gasteiger partial charge in [-0.05, 0) is 55.3 Å². The number of ketones is 1. The molecule has 1 heterocycles. The van der Waals surface area contributed by atoms with Crippen molar-refractivity contribution in [1.29, 1.82) is 0 Å². The molecular formula is C16H18OS. The first-order chi connectivity index (χ1) is 8.49. The number of rotatable bonds is 3. The summed E-state index contributed by atoms with van der Waals surface area (Å²) >= 11 is 1.60. The summed E-state index contributed by atoms with van der Waals surface area (Å²) in [7, 11) is 0. The molecule has 0 unspecified atom stereocenters. The van der Waals surface area contributed by atoms with Crippen molar-refractivity contribution in [2.24, 2.45) is 0 Å². The molecule has 1 aromatic carbocycles. The van der Waals surface area contributed by atoms with Gasteiger partial charge in [-0.3, -0.25) is 4.79 Å². The van der Waals surface area contributed by atoms with Gasteiger partial charge < -0.3 is 0 Å². The predicted molar refractivity (Wildman–Crippen MR) is 77.7 cm³/mol. The highest BCUT2D eigenvalue weighted by molar-refractivity contribution is 7.08. The second kappa shape index (κ2) is 5.07. The van der Waals surface area contributed by atoms with Gasteiger partial charge in [0.25, 0.3) is 0 Å². The van der Waals surface area contributed by atoms with Crippen molar-refractivity contribution < 1.29 is 4.79 Å². The highest BCUT2D eigenvalue weighted by Gasteiger charge is 2.13. The van der Waals surface area contributed by atoms with Crippen LogP contribution in [0.5, 0.6) is 0 Å². The summed E-state index contributed by atoms with van der Waals surface area (Å²) in [6, 6.07) is 4.30. The number of Topliss-reactive ketones (excluding diaryl/α,β-unsaturated/α-hetero) is 1. The maximum atomic E-state index is 12.3. The first-order valence-electron chi connectivity index (χ1n) is 6.11. The number of thiophene rings is 1. The summed E-state index contributed by atoms with van der Waals surface area (Å²) in [5, 5.41) is 3.98. The van der Waals surface area contributed by atoms with E-state index in [2.05, 4.69) is 32.9 Å². The van der Waals surface area contributed by atoms with E-state index in [1.54, 1.807) is 11.3 Å². The fraction of sp³-hybridized carbons (Fsp3) is 0.312. The number of hydrogen-bond donors (Lipinski definition) is 0. The Bertz CT molecular complexity index is 570. The van der Waals surface area contributed by atoms with Crippen LogP contribution in [0.2, 0.25) is 0 Å². The van der Waals surface area contributed by atoms with Gasteiger partial charge in [0.2, 0.25) is 0 Å². The van der Waals surface area contributed by atoms with Crippen LogP contribution in [-0.2, 0) is 6.42 Å². The van der Waals surface area contributed by atoms with Gasteiger partial charge in [0.05, 0.1) is 0 Å². The Morgan fingerprint density at radius 1 is 1.00 bits per heavy atom. The van der Waals surface area contributed by atoms with Crippen LogP contribution < -0.4 is 0 Å². The van der Waals surface area contributed by atoms with E-state index in [1.165, 1.54) is 22.3 Å². The van der Waals surface area contributed by atoms with Crippen LogP contribution in [0.3, 0.4) is 0 Å². The second-order valence-electron chi connectivity index (χ2n) is 4.95. The Hall–Kier alpha value is -1.41. The molecule has 0 atom stereocenters. The molecule has 2 rings (SSSR count). The van der Waals surface area contributed by atoms with Crippen molar-refractivity contribution in [3.8, 4) is 0 Å². The summed E-state index contributed by atoms with van der Waals surface area (Å²) in [5.41, 5.74) is 6.83. The molecule has 0 saturated carbocycles. The van der Waals surface area contributed by atoms with Crippen molar-refractivity contribution in [2.75, 3.05) is 0 Å². The van der Waals surface area contributed by atoms with Gasteiger partial charge in [0.15, 0.2) is 5.78 Å². The summed E-state index contributed by atoms with van der Waals surface area (Å²) in [4.78, 5) is 12.3. The highest BCUT2D eigenvalue weighted by atomic mass is 32.1. The van der Waals surface area contributed by atoms with E-state index in [0.717, 1.165) is 11.1 Å². The lowest BCUT2D eigenvalue weighted by molar-refractivity contribution is 0.0992. The number of hydrogen-bond acceptors (Lipinski definition) is 2. The van der Waals surface area contributed by atoms with E-state index in [4.69, 9.17) is 0 Å². The van der Waals surface area contributed by atoms with Gasteiger partial charge in [0, 0.05) is 17.4 Å². The smallest absolute Gasteiger partial charge is 0.168 e. The summed E-state index contributed by atoms with van der Waals surface area (Å²) < 4.78 is 0. The maximum Gasteiger partial charge on any atom is 0.168 e. The van der Waals surface area contributed by atoms with Crippen LogP contribution in [-0.4, -0.2) is 5.78 Å². The third kappa shape index (κ3) is 2.54. The number of carbonyl (C=O) groups is 1. The van der Waals surface area contributed by atoms with E-state index < -0.39 is 0 Å². The minimum absolute atomic E-state index is 0.226. The van der Waals surface area contributed by atoms with Crippen molar-refractivity contribution in [1.82, 2.24) is 0 Å². The zero-order valence-electron chi connectivity index (χ0n) is 11.3. The summed E-state index contributed by atoms with van der Waals surface area (Å²) in [5.74, 6) is 0.226. The van der Waals surface area contributed by atoms with Gasteiger partial charge in [-0.15, -0.1) is 0 Å². The normalized spacial score (nSPS) is 10.7. The molecule has 2 heteroatoms. The molecule has 1 aromatic heterocycles. The Balaban J connectivity index is 2.31. The van der Waals surface area contributed by atoms with Crippen LogP contribution in [0, 0.1) is 27.7 Å². The third-order valence-corrected chi connectivity index (χ3v) is 4.20. The molecule has 1 nitrogen and oxygen atoms in total. The minimum atomic E-state index is 0.226. The third-order valence-electron chi connectivity index (χ3n) is 3.33. The molecule has 2 aromatic rings. The van der Waals surface area contributed by atoms with Crippen molar-refractivity contribution >= 4 is 17.1 Å². The number of aryl methyl sites for hydroxylation is 4. The first-order valence-corrected chi connectivity index (χ1v) is 7.06. The van der Waals surface area contributed by atoms with Crippen LogP contribution >= 0.6 is 11.3 Å². The molecule has 0 saturated heterocycles. The van der Waals surface area contributed by atoms with E-state index in [0.29, 0.717) is 6.42 Å². The average molecular weight is 258 g/mol. The molecule has 0 aliphatic heterocycles. The molecule has 0 aliphatic rings. The molecule has 0 bridgehead atoms. The second-order valence-corrected chi connectivity index (χ2v) is 5.69. The van der Waals surface area contributed by atoms with Gasteiger partial charge in [0.1, 0.15) is 0 Å². The Kier molecular flexibility index (Phi) is 3.67. The topological polar surface area (TPSA) is 17.1 Å². The average Bonchev–Trinajstić information content (AvgIpc) is 2.69. The molecule has 94 valence electrons. The van der Waals surface area contributed by atoms with Crippen LogP contribution in [0.25, 0.3) is 0 Å². The lowest BCUT2D eigenvalue weighted by Gasteiger charge is -2.10. The van der Waals surface area contributed by atoms with E-state index in [1.807, 2.05) is 17.7 Å². The molecule has 18 heavy (non-hydrogen) atoms. The zero-order valence-corrected chi connectivity index (χ0v) is 12.1. The number of carbonyl (C=O) groups excluding carboxylic acids is 1. The van der Waals surface area contributed by atoms with E-state index in [9.17, 15) is 4.79 Å².